The maximum atomic E-state index is 12.1. The van der Waals surface area contributed by atoms with Crippen LogP contribution in [0.2, 0.25) is 0 Å². The van der Waals surface area contributed by atoms with Gasteiger partial charge in [-0.25, -0.2) is 9.59 Å². The largest absolute Gasteiger partial charge is 0.478 e. The van der Waals surface area contributed by atoms with E-state index < -0.39 is 11.9 Å². The van der Waals surface area contributed by atoms with Gasteiger partial charge in [0.1, 0.15) is 0 Å². The molecule has 2 heterocycles. The van der Waals surface area contributed by atoms with E-state index >= 15 is 0 Å². The molecule has 4 N–H and O–H groups in total. The summed E-state index contributed by atoms with van der Waals surface area (Å²) in [5, 5.41) is 23.2. The third kappa shape index (κ3) is 2.21. The lowest BCUT2D eigenvalue weighted by atomic mass is 10.0. The average molecular weight is 370 g/mol. The summed E-state index contributed by atoms with van der Waals surface area (Å²) in [5.74, 6) is -2.17. The van der Waals surface area contributed by atoms with Gasteiger partial charge in [0.15, 0.2) is 0 Å². The lowest BCUT2D eigenvalue weighted by Crippen LogP contribution is -2.36. The van der Waals surface area contributed by atoms with E-state index in [1.54, 1.807) is 12.2 Å². The van der Waals surface area contributed by atoms with E-state index in [0.717, 1.165) is 21.8 Å². The molecule has 0 fully saturated rings. The Morgan fingerprint density at radius 3 is 1.43 bits per heavy atom. The molecule has 0 spiro atoms. The monoisotopic (exact) mass is 370 g/mol. The molecule has 1 aliphatic rings. The van der Waals surface area contributed by atoms with Crippen molar-refractivity contribution in [2.24, 2.45) is 0 Å². The van der Waals surface area contributed by atoms with Gasteiger partial charge in [-0.1, -0.05) is 36.4 Å². The van der Waals surface area contributed by atoms with E-state index in [0.29, 0.717) is 21.1 Å². The highest BCUT2D eigenvalue weighted by Crippen LogP contribution is 2.10. The molecule has 5 rings (SSSR count). The van der Waals surface area contributed by atoms with Crippen molar-refractivity contribution in [3.8, 4) is 0 Å². The second-order valence-corrected chi connectivity index (χ2v) is 6.64. The van der Waals surface area contributed by atoms with Gasteiger partial charge in [0, 0.05) is 32.2 Å². The van der Waals surface area contributed by atoms with Crippen molar-refractivity contribution in [2.45, 2.75) is 0 Å². The summed E-state index contributed by atoms with van der Waals surface area (Å²) in [6, 6.07) is 14.7. The molecular weight excluding hydrogens is 356 g/mol. The first-order valence-corrected chi connectivity index (χ1v) is 8.66. The van der Waals surface area contributed by atoms with Gasteiger partial charge >= 0.3 is 11.9 Å². The molecule has 1 aliphatic carbocycles. The SMILES string of the molecule is O=C(O)C1=c2\[nH]c3ccccc3\c2=C\C(C(=O)O)=c2\[nH]c3ccccc3\c2=C\1. The van der Waals surface area contributed by atoms with Crippen molar-refractivity contribution >= 4 is 57.0 Å². The number of hydrogen-bond donors (Lipinski definition) is 4. The van der Waals surface area contributed by atoms with Crippen LogP contribution in [-0.4, -0.2) is 32.1 Å². The molecule has 0 aliphatic heterocycles. The van der Waals surface area contributed by atoms with Crippen LogP contribution >= 0.6 is 0 Å². The molecule has 136 valence electrons. The number of benzene rings is 2. The fraction of sp³-hybridized carbons (Fsp3) is 0. The topological polar surface area (TPSA) is 106 Å². The molecule has 0 atom stereocenters. The van der Waals surface area contributed by atoms with Crippen molar-refractivity contribution in [2.75, 3.05) is 0 Å². The molecule has 0 saturated heterocycles. The average Bonchev–Trinajstić information content (AvgIpc) is 3.19. The van der Waals surface area contributed by atoms with Crippen molar-refractivity contribution < 1.29 is 19.8 Å². The van der Waals surface area contributed by atoms with Crippen LogP contribution < -0.4 is 21.1 Å². The first-order chi connectivity index (χ1) is 13.5. The molecule has 6 nitrogen and oxygen atoms in total. The Morgan fingerprint density at radius 1 is 0.643 bits per heavy atom. The van der Waals surface area contributed by atoms with Gasteiger partial charge in [-0.3, -0.25) is 0 Å². The zero-order chi connectivity index (χ0) is 19.4. The van der Waals surface area contributed by atoms with E-state index in [1.165, 1.54) is 0 Å². The molecule has 0 bridgehead atoms. The molecule has 0 amide bonds. The number of carboxylic acid groups (broad SMARTS) is 2. The second kappa shape index (κ2) is 5.72. The van der Waals surface area contributed by atoms with Crippen LogP contribution in [-0.2, 0) is 9.59 Å². The summed E-state index contributed by atoms with van der Waals surface area (Å²) in [5.41, 5.74) is 1.66. The summed E-state index contributed by atoms with van der Waals surface area (Å²) in [4.78, 5) is 30.5. The third-order valence-electron chi connectivity index (χ3n) is 5.07. The van der Waals surface area contributed by atoms with Gasteiger partial charge in [0.25, 0.3) is 0 Å². The van der Waals surface area contributed by atoms with Gasteiger partial charge < -0.3 is 20.2 Å². The van der Waals surface area contributed by atoms with Crippen molar-refractivity contribution in [3.63, 3.8) is 0 Å². The highest BCUT2D eigenvalue weighted by molar-refractivity contribution is 6.23. The normalized spacial score (nSPS) is 19.6. The molecule has 0 unspecified atom stereocenters. The minimum Gasteiger partial charge on any atom is -0.478 e. The lowest BCUT2D eigenvalue weighted by Gasteiger charge is -2.00. The van der Waals surface area contributed by atoms with Crippen LogP contribution in [0.1, 0.15) is 0 Å². The van der Waals surface area contributed by atoms with Crippen LogP contribution in [0.3, 0.4) is 0 Å². The Morgan fingerprint density at radius 2 is 1.04 bits per heavy atom. The first kappa shape index (κ1) is 16.1. The van der Waals surface area contributed by atoms with Crippen molar-refractivity contribution in [1.29, 1.82) is 0 Å². The first-order valence-electron chi connectivity index (χ1n) is 8.66. The zero-order valence-electron chi connectivity index (χ0n) is 14.5. The smallest absolute Gasteiger partial charge is 0.337 e. The summed E-state index contributed by atoms with van der Waals surface area (Å²) in [6.07, 6.45) is 3.08. The number of fused-ring (bicyclic) bond motifs is 6. The maximum Gasteiger partial charge on any atom is 0.337 e. The van der Waals surface area contributed by atoms with E-state index in [1.807, 2.05) is 48.5 Å². The number of aliphatic carboxylic acids is 2. The minimum atomic E-state index is -1.09. The molecule has 28 heavy (non-hydrogen) atoms. The van der Waals surface area contributed by atoms with Crippen LogP contribution in [0.5, 0.6) is 0 Å². The van der Waals surface area contributed by atoms with Gasteiger partial charge in [-0.2, -0.15) is 0 Å². The molecule has 6 heteroatoms. The van der Waals surface area contributed by atoms with Crippen LogP contribution in [0, 0.1) is 0 Å². The fourth-order valence-electron chi connectivity index (χ4n) is 3.82. The standard InChI is InChI=1S/C22H14N2O4/c25-21(26)15-9-13-11-5-1-3-7-17(11)23-19(13)16(22(27)28)10-14-12-6-2-4-8-18(12)24-20(14)15/h1-10,23-24H,(H,25,26)(H,27,28)/b13-9-,14-10-,15-9?,16-10?,19-16-,20-15-. The van der Waals surface area contributed by atoms with E-state index in [-0.39, 0.29) is 11.1 Å². The van der Waals surface area contributed by atoms with Crippen molar-refractivity contribution in [1.82, 2.24) is 9.97 Å². The molecular formula is C22H14N2O4. The Kier molecular flexibility index (Phi) is 3.30. The lowest BCUT2D eigenvalue weighted by molar-refractivity contribution is -0.131. The number of carboxylic acids is 2. The fourth-order valence-corrected chi connectivity index (χ4v) is 3.82. The minimum absolute atomic E-state index is 0.0814. The number of nitrogens with one attached hydrogen (secondary N) is 2. The molecule has 4 aromatic rings. The maximum absolute atomic E-state index is 12.1. The number of para-hydroxylation sites is 2. The second-order valence-electron chi connectivity index (χ2n) is 6.64. The molecule has 0 radical (unpaired) electrons. The quantitative estimate of drug-likeness (QED) is 0.410. The third-order valence-corrected chi connectivity index (χ3v) is 5.07. The Balaban J connectivity index is 2.14. The highest BCUT2D eigenvalue weighted by Gasteiger charge is 2.17. The summed E-state index contributed by atoms with van der Waals surface area (Å²) < 4.78 is 0. The predicted molar refractivity (Wildman–Crippen MR) is 106 cm³/mol. The summed E-state index contributed by atoms with van der Waals surface area (Å²) >= 11 is 0. The Bertz CT molecular complexity index is 1450. The Labute approximate surface area is 157 Å². The van der Waals surface area contributed by atoms with Crippen LogP contribution in [0.4, 0.5) is 0 Å². The molecule has 2 aromatic heterocycles. The van der Waals surface area contributed by atoms with E-state index in [4.69, 9.17) is 0 Å². The number of H-pyrrole nitrogens is 2. The van der Waals surface area contributed by atoms with Gasteiger partial charge in [0.05, 0.1) is 21.8 Å². The molecule has 0 saturated carbocycles. The highest BCUT2D eigenvalue weighted by atomic mass is 16.4. The summed E-state index contributed by atoms with van der Waals surface area (Å²) in [6.45, 7) is 0. The Hall–Kier alpha value is -4.06. The zero-order valence-corrected chi connectivity index (χ0v) is 14.5. The van der Waals surface area contributed by atoms with Gasteiger partial charge in [-0.05, 0) is 24.3 Å². The van der Waals surface area contributed by atoms with Crippen molar-refractivity contribution in [3.05, 3.63) is 69.7 Å². The van der Waals surface area contributed by atoms with Crippen LogP contribution in [0.15, 0.2) is 48.5 Å². The van der Waals surface area contributed by atoms with Gasteiger partial charge in [0.2, 0.25) is 0 Å². The van der Waals surface area contributed by atoms with E-state index in [2.05, 4.69) is 9.97 Å². The van der Waals surface area contributed by atoms with Crippen LogP contribution in [0.25, 0.3) is 45.1 Å². The predicted octanol–water partition coefficient (Wildman–Crippen LogP) is 0.395. The van der Waals surface area contributed by atoms with E-state index in [9.17, 15) is 19.8 Å². The number of aromatic nitrogens is 2. The number of hydrogen-bond acceptors (Lipinski definition) is 2. The number of rotatable bonds is 2. The number of carbonyl (C=O) groups is 2. The number of aromatic amines is 2. The van der Waals surface area contributed by atoms with Gasteiger partial charge in [-0.15, -0.1) is 0 Å². The molecule has 2 aromatic carbocycles. The summed E-state index contributed by atoms with van der Waals surface area (Å²) in [7, 11) is 0.